The Kier molecular flexibility index (Phi) is 5.16. The fraction of sp³-hybridized carbons (Fsp3) is 0.381. The molecule has 0 saturated carbocycles. The summed E-state index contributed by atoms with van der Waals surface area (Å²) in [6.45, 7) is 5.62. The van der Waals surface area contributed by atoms with Gasteiger partial charge in [-0.25, -0.2) is 9.97 Å². The van der Waals surface area contributed by atoms with Crippen molar-refractivity contribution >= 4 is 22.5 Å². The third-order valence-electron chi connectivity index (χ3n) is 4.86. The van der Waals surface area contributed by atoms with E-state index in [9.17, 15) is 0 Å². The summed E-state index contributed by atoms with van der Waals surface area (Å²) in [5, 5.41) is 8.07. The van der Waals surface area contributed by atoms with E-state index in [1.165, 1.54) is 10.9 Å². The molecule has 2 atom stereocenters. The smallest absolute Gasteiger partial charge is 0.131 e. The maximum atomic E-state index is 5.78. The number of hydrogen-bond acceptors (Lipinski definition) is 6. The molecule has 0 radical (unpaired) electrons. The van der Waals surface area contributed by atoms with Crippen molar-refractivity contribution in [2.24, 2.45) is 5.92 Å². The highest BCUT2D eigenvalue weighted by Crippen LogP contribution is 2.26. The first-order valence-electron chi connectivity index (χ1n) is 9.44. The van der Waals surface area contributed by atoms with Crippen molar-refractivity contribution in [3.05, 3.63) is 54.5 Å². The molecule has 0 spiro atoms. The molecule has 1 aliphatic rings. The zero-order chi connectivity index (χ0) is 18.6. The van der Waals surface area contributed by atoms with Crippen LogP contribution in [-0.4, -0.2) is 40.2 Å². The molecule has 2 N–H and O–H groups in total. The highest BCUT2D eigenvalue weighted by molar-refractivity contribution is 5.81. The average Bonchev–Trinajstić information content (AvgIpc) is 3.08. The number of hydrogen-bond donors (Lipinski definition) is 2. The van der Waals surface area contributed by atoms with Crippen LogP contribution in [0.15, 0.2) is 48.9 Å². The van der Waals surface area contributed by atoms with Crippen molar-refractivity contribution < 1.29 is 4.74 Å². The Labute approximate surface area is 159 Å². The summed E-state index contributed by atoms with van der Waals surface area (Å²) in [5.41, 5.74) is 2.35. The molecule has 0 unspecified atom stereocenters. The Hall–Kier alpha value is -2.73. The van der Waals surface area contributed by atoms with E-state index in [1.54, 1.807) is 6.33 Å². The lowest BCUT2D eigenvalue weighted by molar-refractivity contribution is 0.185. The quantitative estimate of drug-likeness (QED) is 0.698. The number of rotatable bonds is 6. The molecule has 1 saturated heterocycles. The number of para-hydroxylation sites is 1. The van der Waals surface area contributed by atoms with Crippen LogP contribution in [-0.2, 0) is 11.2 Å². The molecular formula is C21H25N5O. The van der Waals surface area contributed by atoms with E-state index < -0.39 is 0 Å². The third kappa shape index (κ3) is 4.17. The van der Waals surface area contributed by atoms with Gasteiger partial charge in [-0.3, -0.25) is 4.98 Å². The van der Waals surface area contributed by atoms with Gasteiger partial charge in [0.15, 0.2) is 0 Å². The van der Waals surface area contributed by atoms with Crippen LogP contribution in [0.25, 0.3) is 10.9 Å². The number of anilines is 2. The van der Waals surface area contributed by atoms with Gasteiger partial charge < -0.3 is 15.4 Å². The van der Waals surface area contributed by atoms with E-state index in [0.717, 1.165) is 30.2 Å². The van der Waals surface area contributed by atoms with E-state index in [2.05, 4.69) is 63.7 Å². The second kappa shape index (κ2) is 7.88. The van der Waals surface area contributed by atoms with Gasteiger partial charge in [0, 0.05) is 29.6 Å². The molecular weight excluding hydrogens is 338 g/mol. The predicted molar refractivity (Wildman–Crippen MR) is 108 cm³/mol. The lowest BCUT2D eigenvalue weighted by atomic mass is 9.93. The van der Waals surface area contributed by atoms with Gasteiger partial charge in [-0.05, 0) is 38.0 Å². The second-order valence-corrected chi connectivity index (χ2v) is 7.33. The molecule has 2 aromatic heterocycles. The molecule has 0 bridgehead atoms. The number of ether oxygens (including phenoxy) is 1. The highest BCUT2D eigenvalue weighted by atomic mass is 16.5. The minimum atomic E-state index is 0.221. The predicted octanol–water partition coefficient (Wildman–Crippen LogP) is 3.51. The summed E-state index contributed by atoms with van der Waals surface area (Å²) < 4.78 is 5.78. The molecule has 140 valence electrons. The molecule has 1 aromatic carbocycles. The largest absolute Gasteiger partial charge is 0.379 e. The summed E-state index contributed by atoms with van der Waals surface area (Å²) in [7, 11) is 0. The Morgan fingerprint density at radius 2 is 1.93 bits per heavy atom. The van der Waals surface area contributed by atoms with Crippen LogP contribution >= 0.6 is 0 Å². The van der Waals surface area contributed by atoms with E-state index in [4.69, 9.17) is 4.74 Å². The number of pyridine rings is 1. The van der Waals surface area contributed by atoms with Gasteiger partial charge >= 0.3 is 0 Å². The summed E-state index contributed by atoms with van der Waals surface area (Å²) in [4.78, 5) is 13.1. The highest BCUT2D eigenvalue weighted by Gasteiger charge is 2.29. The standard InChI is InChI=1S/C21H25N5O/c1-14(2)25-20-10-21(24-13-23-20)26-19-12-27-11-16(19)9-15-7-8-22-18-6-4-3-5-17(15)18/h3-8,10,13-14,16,19H,9,11-12H2,1-2H3,(H2,23,24,25,26)/t16-,19-/m1/s1. The van der Waals surface area contributed by atoms with Crippen molar-refractivity contribution in [3.63, 3.8) is 0 Å². The number of aromatic nitrogens is 3. The molecule has 3 aromatic rings. The molecule has 6 heteroatoms. The molecule has 4 rings (SSSR count). The third-order valence-corrected chi connectivity index (χ3v) is 4.86. The molecule has 1 aliphatic heterocycles. The summed E-state index contributed by atoms with van der Waals surface area (Å²) in [5.74, 6) is 2.04. The zero-order valence-corrected chi connectivity index (χ0v) is 15.7. The minimum absolute atomic E-state index is 0.221. The molecule has 0 aliphatic carbocycles. The first-order chi connectivity index (χ1) is 13.2. The average molecular weight is 363 g/mol. The summed E-state index contributed by atoms with van der Waals surface area (Å²) in [6.07, 6.45) is 4.43. The van der Waals surface area contributed by atoms with E-state index in [-0.39, 0.29) is 6.04 Å². The van der Waals surface area contributed by atoms with Gasteiger partial charge in [-0.15, -0.1) is 0 Å². The fourth-order valence-corrected chi connectivity index (χ4v) is 3.58. The van der Waals surface area contributed by atoms with Crippen LogP contribution in [0.3, 0.4) is 0 Å². The molecule has 27 heavy (non-hydrogen) atoms. The van der Waals surface area contributed by atoms with Crippen molar-refractivity contribution in [2.75, 3.05) is 23.8 Å². The summed E-state index contributed by atoms with van der Waals surface area (Å²) >= 11 is 0. The van der Waals surface area contributed by atoms with Gasteiger partial charge in [0.2, 0.25) is 0 Å². The zero-order valence-electron chi connectivity index (χ0n) is 15.7. The number of nitrogens with zero attached hydrogens (tertiary/aromatic N) is 3. The second-order valence-electron chi connectivity index (χ2n) is 7.33. The molecule has 3 heterocycles. The Balaban J connectivity index is 1.49. The lowest BCUT2D eigenvalue weighted by Gasteiger charge is -2.20. The SMILES string of the molecule is CC(C)Nc1cc(N[C@@H]2COC[C@H]2Cc2ccnc3ccccc23)ncn1. The first kappa shape index (κ1) is 17.7. The van der Waals surface area contributed by atoms with Crippen molar-refractivity contribution in [3.8, 4) is 0 Å². The fourth-order valence-electron chi connectivity index (χ4n) is 3.58. The van der Waals surface area contributed by atoms with Crippen LogP contribution in [0.2, 0.25) is 0 Å². The topological polar surface area (TPSA) is 72.0 Å². The van der Waals surface area contributed by atoms with Crippen molar-refractivity contribution in [2.45, 2.75) is 32.4 Å². The normalized spacial score (nSPS) is 19.5. The van der Waals surface area contributed by atoms with Crippen LogP contribution in [0.1, 0.15) is 19.4 Å². The van der Waals surface area contributed by atoms with Crippen LogP contribution < -0.4 is 10.6 Å². The van der Waals surface area contributed by atoms with Gasteiger partial charge in [-0.1, -0.05) is 18.2 Å². The minimum Gasteiger partial charge on any atom is -0.379 e. The Morgan fingerprint density at radius 1 is 1.07 bits per heavy atom. The first-order valence-corrected chi connectivity index (χ1v) is 9.44. The van der Waals surface area contributed by atoms with E-state index >= 15 is 0 Å². The van der Waals surface area contributed by atoms with Gasteiger partial charge in [-0.2, -0.15) is 0 Å². The molecule has 0 amide bonds. The number of benzene rings is 1. The van der Waals surface area contributed by atoms with Gasteiger partial charge in [0.25, 0.3) is 0 Å². The van der Waals surface area contributed by atoms with Crippen LogP contribution in [0, 0.1) is 5.92 Å². The van der Waals surface area contributed by atoms with E-state index in [0.29, 0.717) is 18.6 Å². The monoisotopic (exact) mass is 363 g/mol. The Bertz CT molecular complexity index is 908. The molecule has 1 fully saturated rings. The number of fused-ring (bicyclic) bond motifs is 1. The lowest BCUT2D eigenvalue weighted by Crippen LogP contribution is -2.29. The van der Waals surface area contributed by atoms with Gasteiger partial charge in [0.1, 0.15) is 18.0 Å². The van der Waals surface area contributed by atoms with Crippen LogP contribution in [0.5, 0.6) is 0 Å². The summed E-state index contributed by atoms with van der Waals surface area (Å²) in [6, 6.07) is 12.9. The van der Waals surface area contributed by atoms with Crippen molar-refractivity contribution in [1.29, 1.82) is 0 Å². The van der Waals surface area contributed by atoms with Crippen LogP contribution in [0.4, 0.5) is 11.6 Å². The molecule has 6 nitrogen and oxygen atoms in total. The maximum Gasteiger partial charge on any atom is 0.131 e. The number of nitrogens with one attached hydrogen (secondary N) is 2. The Morgan fingerprint density at radius 3 is 2.81 bits per heavy atom. The van der Waals surface area contributed by atoms with E-state index in [1.807, 2.05) is 18.3 Å². The van der Waals surface area contributed by atoms with Gasteiger partial charge in [0.05, 0.1) is 24.8 Å². The maximum absolute atomic E-state index is 5.78. The van der Waals surface area contributed by atoms with Crippen molar-refractivity contribution in [1.82, 2.24) is 15.0 Å².